The molecular formula is C13H18N2O4. The molecule has 0 heterocycles. The van der Waals surface area contributed by atoms with Crippen LogP contribution in [0.3, 0.4) is 0 Å². The topological polar surface area (TPSA) is 113 Å². The van der Waals surface area contributed by atoms with E-state index in [0.29, 0.717) is 0 Å². The zero-order valence-electron chi connectivity index (χ0n) is 10.5. The molecule has 0 fully saturated rings. The molecular weight excluding hydrogens is 248 g/mol. The summed E-state index contributed by atoms with van der Waals surface area (Å²) < 4.78 is 0. The second-order valence-electron chi connectivity index (χ2n) is 4.19. The first kappa shape index (κ1) is 15.1. The van der Waals surface area contributed by atoms with Crippen molar-refractivity contribution in [1.82, 2.24) is 5.32 Å². The van der Waals surface area contributed by atoms with E-state index in [0.717, 1.165) is 5.56 Å². The standard InChI is InChI=1S/C13H18N2O4/c14-8-11(9-4-2-1-3-5-9)15-10(13(18)19)6-7-12(16)17/h1-5,10-11,15H,6-8,14H2,(H,16,17)(H,18,19)/t10-,11?/m1/s1. The molecule has 0 aliphatic rings. The maximum Gasteiger partial charge on any atom is 0.320 e. The first-order chi connectivity index (χ1) is 9.04. The van der Waals surface area contributed by atoms with E-state index >= 15 is 0 Å². The Hall–Kier alpha value is -1.92. The van der Waals surface area contributed by atoms with Crippen LogP contribution in [0.4, 0.5) is 0 Å². The molecule has 0 radical (unpaired) electrons. The van der Waals surface area contributed by atoms with Crippen molar-refractivity contribution in [3.63, 3.8) is 0 Å². The zero-order chi connectivity index (χ0) is 14.3. The number of rotatable bonds is 8. The van der Waals surface area contributed by atoms with Crippen molar-refractivity contribution >= 4 is 11.9 Å². The Bertz CT molecular complexity index is 422. The fourth-order valence-electron chi connectivity index (χ4n) is 1.77. The summed E-state index contributed by atoms with van der Waals surface area (Å²) in [5.41, 5.74) is 6.52. The van der Waals surface area contributed by atoms with E-state index in [-0.39, 0.29) is 25.4 Å². The Labute approximate surface area is 111 Å². The first-order valence-electron chi connectivity index (χ1n) is 6.00. The quantitative estimate of drug-likeness (QED) is 0.548. The molecule has 0 saturated heterocycles. The van der Waals surface area contributed by atoms with Gasteiger partial charge in [-0.1, -0.05) is 30.3 Å². The molecule has 0 saturated carbocycles. The summed E-state index contributed by atoms with van der Waals surface area (Å²) in [7, 11) is 0. The van der Waals surface area contributed by atoms with Crippen molar-refractivity contribution in [2.75, 3.05) is 6.54 Å². The monoisotopic (exact) mass is 266 g/mol. The minimum Gasteiger partial charge on any atom is -0.481 e. The third-order valence-electron chi connectivity index (χ3n) is 2.78. The number of hydrogen-bond donors (Lipinski definition) is 4. The van der Waals surface area contributed by atoms with Gasteiger partial charge in [-0.2, -0.15) is 0 Å². The van der Waals surface area contributed by atoms with E-state index in [1.165, 1.54) is 0 Å². The highest BCUT2D eigenvalue weighted by Crippen LogP contribution is 2.13. The highest BCUT2D eigenvalue weighted by atomic mass is 16.4. The van der Waals surface area contributed by atoms with Crippen molar-refractivity contribution in [1.29, 1.82) is 0 Å². The van der Waals surface area contributed by atoms with Crippen LogP contribution in [0.15, 0.2) is 30.3 Å². The van der Waals surface area contributed by atoms with E-state index < -0.39 is 18.0 Å². The maximum absolute atomic E-state index is 11.1. The van der Waals surface area contributed by atoms with Crippen LogP contribution in [0.25, 0.3) is 0 Å². The Kier molecular flexibility index (Phi) is 5.98. The molecule has 0 bridgehead atoms. The lowest BCUT2D eigenvalue weighted by Gasteiger charge is -2.22. The lowest BCUT2D eigenvalue weighted by molar-refractivity contribution is -0.141. The summed E-state index contributed by atoms with van der Waals surface area (Å²) in [6, 6.07) is 8.00. The van der Waals surface area contributed by atoms with Gasteiger partial charge in [0.05, 0.1) is 0 Å². The smallest absolute Gasteiger partial charge is 0.320 e. The van der Waals surface area contributed by atoms with Crippen LogP contribution in [0.2, 0.25) is 0 Å². The molecule has 6 heteroatoms. The van der Waals surface area contributed by atoms with Crippen LogP contribution in [0, 0.1) is 0 Å². The Morgan fingerprint density at radius 1 is 1.21 bits per heavy atom. The molecule has 1 rings (SSSR count). The summed E-state index contributed by atoms with van der Waals surface area (Å²) in [5.74, 6) is -2.09. The second-order valence-corrected chi connectivity index (χ2v) is 4.19. The fourth-order valence-corrected chi connectivity index (χ4v) is 1.77. The molecule has 0 aliphatic carbocycles. The molecule has 0 aromatic heterocycles. The van der Waals surface area contributed by atoms with Gasteiger partial charge in [-0.05, 0) is 12.0 Å². The molecule has 104 valence electrons. The van der Waals surface area contributed by atoms with E-state index in [9.17, 15) is 9.59 Å². The molecule has 1 unspecified atom stereocenters. The van der Waals surface area contributed by atoms with Crippen molar-refractivity contribution in [2.45, 2.75) is 24.9 Å². The summed E-state index contributed by atoms with van der Waals surface area (Å²) in [5, 5.41) is 20.6. The molecule has 0 amide bonds. The van der Waals surface area contributed by atoms with Gasteiger partial charge in [-0.3, -0.25) is 14.9 Å². The van der Waals surface area contributed by atoms with Gasteiger partial charge in [0.1, 0.15) is 6.04 Å². The fraction of sp³-hybridized carbons (Fsp3) is 0.385. The molecule has 2 atom stereocenters. The number of hydrogen-bond acceptors (Lipinski definition) is 4. The lowest BCUT2D eigenvalue weighted by atomic mass is 10.0. The van der Waals surface area contributed by atoms with Gasteiger partial charge >= 0.3 is 11.9 Å². The predicted octanol–water partition coefficient (Wildman–Crippen LogP) is 0.594. The Morgan fingerprint density at radius 3 is 2.32 bits per heavy atom. The number of carboxylic acids is 2. The molecule has 5 N–H and O–H groups in total. The van der Waals surface area contributed by atoms with E-state index in [1.807, 2.05) is 30.3 Å². The van der Waals surface area contributed by atoms with Crippen LogP contribution < -0.4 is 11.1 Å². The van der Waals surface area contributed by atoms with Crippen molar-refractivity contribution in [2.24, 2.45) is 5.73 Å². The Balaban J connectivity index is 2.70. The van der Waals surface area contributed by atoms with Crippen LogP contribution in [-0.2, 0) is 9.59 Å². The largest absolute Gasteiger partial charge is 0.481 e. The van der Waals surface area contributed by atoms with Crippen molar-refractivity contribution < 1.29 is 19.8 Å². The third-order valence-corrected chi connectivity index (χ3v) is 2.78. The van der Waals surface area contributed by atoms with E-state index in [1.54, 1.807) is 0 Å². The van der Waals surface area contributed by atoms with Gasteiger partial charge < -0.3 is 15.9 Å². The highest BCUT2D eigenvalue weighted by Gasteiger charge is 2.22. The summed E-state index contributed by atoms with van der Waals surface area (Å²) in [4.78, 5) is 21.6. The predicted molar refractivity (Wildman–Crippen MR) is 69.7 cm³/mol. The van der Waals surface area contributed by atoms with Crippen LogP contribution >= 0.6 is 0 Å². The number of benzene rings is 1. The molecule has 0 aliphatic heterocycles. The minimum absolute atomic E-state index is 0.0218. The van der Waals surface area contributed by atoms with Gasteiger partial charge in [0.25, 0.3) is 0 Å². The highest BCUT2D eigenvalue weighted by molar-refractivity contribution is 5.75. The minimum atomic E-state index is -1.07. The van der Waals surface area contributed by atoms with Gasteiger partial charge in [0.15, 0.2) is 0 Å². The number of nitrogens with one attached hydrogen (secondary N) is 1. The van der Waals surface area contributed by atoms with Gasteiger partial charge in [-0.25, -0.2) is 0 Å². The Morgan fingerprint density at radius 2 is 1.84 bits per heavy atom. The average Bonchev–Trinajstić information content (AvgIpc) is 2.39. The number of aliphatic carboxylic acids is 2. The number of carboxylic acid groups (broad SMARTS) is 2. The third kappa shape index (κ3) is 5.07. The van der Waals surface area contributed by atoms with Crippen LogP contribution in [0.5, 0.6) is 0 Å². The summed E-state index contributed by atoms with van der Waals surface area (Å²) in [6.07, 6.45) is -0.177. The van der Waals surface area contributed by atoms with Crippen molar-refractivity contribution in [3.8, 4) is 0 Å². The summed E-state index contributed by atoms with van der Waals surface area (Å²) >= 11 is 0. The molecule has 19 heavy (non-hydrogen) atoms. The second kappa shape index (κ2) is 7.50. The molecule has 1 aromatic carbocycles. The van der Waals surface area contributed by atoms with Gasteiger partial charge in [0.2, 0.25) is 0 Å². The van der Waals surface area contributed by atoms with Crippen molar-refractivity contribution in [3.05, 3.63) is 35.9 Å². The van der Waals surface area contributed by atoms with E-state index in [4.69, 9.17) is 15.9 Å². The number of carbonyl (C=O) groups is 2. The molecule has 0 spiro atoms. The molecule has 6 nitrogen and oxygen atoms in total. The van der Waals surface area contributed by atoms with Crippen LogP contribution in [-0.4, -0.2) is 34.7 Å². The number of nitrogens with two attached hydrogens (primary N) is 1. The maximum atomic E-state index is 11.1. The lowest BCUT2D eigenvalue weighted by Crippen LogP contribution is -2.42. The first-order valence-corrected chi connectivity index (χ1v) is 6.00. The zero-order valence-corrected chi connectivity index (χ0v) is 10.5. The van der Waals surface area contributed by atoms with Gasteiger partial charge in [0, 0.05) is 19.0 Å². The average molecular weight is 266 g/mol. The van der Waals surface area contributed by atoms with Crippen LogP contribution in [0.1, 0.15) is 24.4 Å². The van der Waals surface area contributed by atoms with Gasteiger partial charge in [-0.15, -0.1) is 0 Å². The van der Waals surface area contributed by atoms with E-state index in [2.05, 4.69) is 5.32 Å². The molecule has 1 aromatic rings. The normalized spacial score (nSPS) is 13.7. The summed E-state index contributed by atoms with van der Waals surface area (Å²) in [6.45, 7) is 0.237. The SMILES string of the molecule is NCC(N[C@H](CCC(=O)O)C(=O)O)c1ccccc1.